The highest BCUT2D eigenvalue weighted by molar-refractivity contribution is 7.88. The van der Waals surface area contributed by atoms with Gasteiger partial charge in [-0.2, -0.15) is 5.26 Å². The van der Waals surface area contributed by atoms with Gasteiger partial charge in [0.25, 0.3) is 5.69 Å². The van der Waals surface area contributed by atoms with Crippen LogP contribution in [-0.4, -0.2) is 32.7 Å². The summed E-state index contributed by atoms with van der Waals surface area (Å²) in [6.07, 6.45) is 1.02. The molecule has 1 rings (SSSR count). The van der Waals surface area contributed by atoms with Crippen LogP contribution >= 0.6 is 0 Å². The van der Waals surface area contributed by atoms with E-state index in [1.807, 2.05) is 6.07 Å². The maximum Gasteiger partial charge on any atom is 0.293 e. The minimum atomic E-state index is -3.28. The second-order valence-corrected chi connectivity index (χ2v) is 5.53. The molecular formula is C10H12N4O4S. The number of nitrogens with one attached hydrogen (secondary N) is 2. The van der Waals surface area contributed by atoms with Crippen LogP contribution < -0.4 is 10.0 Å². The highest BCUT2D eigenvalue weighted by Gasteiger charge is 2.14. The van der Waals surface area contributed by atoms with Crippen LogP contribution in [0.15, 0.2) is 18.2 Å². The Kier molecular flexibility index (Phi) is 4.80. The molecule has 0 saturated heterocycles. The largest absolute Gasteiger partial charge is 0.378 e. The molecule has 1 aromatic carbocycles. The lowest BCUT2D eigenvalue weighted by Gasteiger charge is -2.07. The lowest BCUT2D eigenvalue weighted by Crippen LogP contribution is -2.27. The van der Waals surface area contributed by atoms with E-state index in [-0.39, 0.29) is 30.0 Å². The van der Waals surface area contributed by atoms with Gasteiger partial charge in [0.1, 0.15) is 5.69 Å². The molecule has 1 aromatic rings. The van der Waals surface area contributed by atoms with E-state index in [0.717, 1.165) is 12.3 Å². The topological polar surface area (TPSA) is 125 Å². The van der Waals surface area contributed by atoms with Crippen LogP contribution in [0.2, 0.25) is 0 Å². The molecule has 0 radical (unpaired) electrons. The number of nitriles is 1. The summed E-state index contributed by atoms with van der Waals surface area (Å²) in [5.74, 6) is 0. The minimum absolute atomic E-state index is 0.107. The predicted molar refractivity (Wildman–Crippen MR) is 69.1 cm³/mol. The number of hydrogen-bond donors (Lipinski definition) is 2. The Balaban J connectivity index is 2.73. The summed E-state index contributed by atoms with van der Waals surface area (Å²) in [4.78, 5) is 10.2. The fourth-order valence-electron chi connectivity index (χ4n) is 1.34. The van der Waals surface area contributed by atoms with Crippen LogP contribution in [0.4, 0.5) is 11.4 Å². The first-order valence-electron chi connectivity index (χ1n) is 5.20. The number of hydrogen-bond acceptors (Lipinski definition) is 6. The van der Waals surface area contributed by atoms with Gasteiger partial charge in [-0.15, -0.1) is 0 Å². The van der Waals surface area contributed by atoms with Crippen LogP contribution in [0, 0.1) is 21.4 Å². The highest BCUT2D eigenvalue weighted by atomic mass is 32.2. The third-order valence-electron chi connectivity index (χ3n) is 2.13. The molecule has 0 aliphatic rings. The molecule has 0 fully saturated rings. The molecule has 0 bridgehead atoms. The number of nitrogens with zero attached hydrogens (tertiary/aromatic N) is 2. The zero-order valence-electron chi connectivity index (χ0n) is 10.1. The predicted octanol–water partition coefficient (Wildman–Crippen LogP) is 0.428. The Morgan fingerprint density at radius 2 is 2.11 bits per heavy atom. The minimum Gasteiger partial charge on any atom is -0.378 e. The third-order valence-corrected chi connectivity index (χ3v) is 2.86. The third kappa shape index (κ3) is 4.90. The molecule has 0 aromatic heterocycles. The van der Waals surface area contributed by atoms with E-state index >= 15 is 0 Å². The van der Waals surface area contributed by atoms with Crippen molar-refractivity contribution in [2.45, 2.75) is 0 Å². The Morgan fingerprint density at radius 1 is 1.42 bits per heavy atom. The van der Waals surface area contributed by atoms with Gasteiger partial charge in [0.05, 0.1) is 22.8 Å². The van der Waals surface area contributed by atoms with Gasteiger partial charge in [0.2, 0.25) is 10.0 Å². The number of nitro groups is 1. The molecule has 0 unspecified atom stereocenters. The van der Waals surface area contributed by atoms with Crippen LogP contribution in [0.25, 0.3) is 0 Å². The maximum absolute atomic E-state index is 10.8. The van der Waals surface area contributed by atoms with Gasteiger partial charge in [-0.05, 0) is 12.1 Å². The zero-order chi connectivity index (χ0) is 14.5. The molecule has 2 N–H and O–H groups in total. The van der Waals surface area contributed by atoms with Crippen molar-refractivity contribution in [2.24, 2.45) is 0 Å². The summed E-state index contributed by atoms with van der Waals surface area (Å²) in [5.41, 5.74) is 0.198. The van der Waals surface area contributed by atoms with Crippen molar-refractivity contribution in [3.05, 3.63) is 33.9 Å². The van der Waals surface area contributed by atoms with Gasteiger partial charge in [-0.3, -0.25) is 10.1 Å². The first kappa shape index (κ1) is 14.9. The van der Waals surface area contributed by atoms with Crippen molar-refractivity contribution in [1.29, 1.82) is 5.26 Å². The molecule has 102 valence electrons. The zero-order valence-corrected chi connectivity index (χ0v) is 10.9. The summed E-state index contributed by atoms with van der Waals surface area (Å²) in [6.45, 7) is 0.301. The van der Waals surface area contributed by atoms with Gasteiger partial charge in [0.15, 0.2) is 0 Å². The second kappa shape index (κ2) is 6.12. The first-order chi connectivity index (χ1) is 8.83. The van der Waals surface area contributed by atoms with Crippen molar-refractivity contribution in [3.63, 3.8) is 0 Å². The number of rotatable bonds is 6. The molecule has 0 saturated carbocycles. The van der Waals surface area contributed by atoms with E-state index < -0.39 is 14.9 Å². The summed E-state index contributed by atoms with van der Waals surface area (Å²) < 4.78 is 23.9. The van der Waals surface area contributed by atoms with Gasteiger partial charge in [-0.25, -0.2) is 13.1 Å². The summed E-state index contributed by atoms with van der Waals surface area (Å²) in [5, 5.41) is 22.2. The summed E-state index contributed by atoms with van der Waals surface area (Å²) in [6, 6.07) is 5.83. The van der Waals surface area contributed by atoms with E-state index in [1.165, 1.54) is 12.1 Å². The van der Waals surface area contributed by atoms with E-state index in [1.54, 1.807) is 0 Å². The molecule has 0 spiro atoms. The molecule has 19 heavy (non-hydrogen) atoms. The molecule has 0 aliphatic carbocycles. The average molecular weight is 284 g/mol. The molecule has 0 atom stereocenters. The lowest BCUT2D eigenvalue weighted by atomic mass is 10.2. The fraction of sp³-hybridized carbons (Fsp3) is 0.300. The fourth-order valence-corrected chi connectivity index (χ4v) is 1.81. The van der Waals surface area contributed by atoms with Crippen LogP contribution in [0.3, 0.4) is 0 Å². The summed E-state index contributed by atoms with van der Waals surface area (Å²) >= 11 is 0. The Hall–Kier alpha value is -2.18. The lowest BCUT2D eigenvalue weighted by molar-refractivity contribution is -0.384. The van der Waals surface area contributed by atoms with Crippen molar-refractivity contribution in [2.75, 3.05) is 24.7 Å². The van der Waals surface area contributed by atoms with Gasteiger partial charge >= 0.3 is 0 Å². The highest BCUT2D eigenvalue weighted by Crippen LogP contribution is 2.24. The van der Waals surface area contributed by atoms with Gasteiger partial charge in [0, 0.05) is 19.2 Å². The smallest absolute Gasteiger partial charge is 0.293 e. The Labute approximate surface area is 110 Å². The summed E-state index contributed by atoms with van der Waals surface area (Å²) in [7, 11) is -3.28. The first-order valence-corrected chi connectivity index (χ1v) is 7.09. The van der Waals surface area contributed by atoms with E-state index in [2.05, 4.69) is 10.0 Å². The van der Waals surface area contributed by atoms with E-state index in [4.69, 9.17) is 5.26 Å². The molecular weight excluding hydrogens is 272 g/mol. The Morgan fingerprint density at radius 3 is 2.63 bits per heavy atom. The van der Waals surface area contributed by atoms with Gasteiger partial charge in [-0.1, -0.05) is 0 Å². The second-order valence-electron chi connectivity index (χ2n) is 3.69. The monoisotopic (exact) mass is 284 g/mol. The SMILES string of the molecule is CS(=O)(=O)NCCNc1ccc(C#N)cc1[N+](=O)[O-]. The van der Waals surface area contributed by atoms with Gasteiger partial charge < -0.3 is 5.32 Å². The Bertz CT molecular complexity index is 621. The molecule has 8 nitrogen and oxygen atoms in total. The van der Waals surface area contributed by atoms with Crippen molar-refractivity contribution < 1.29 is 13.3 Å². The number of benzene rings is 1. The van der Waals surface area contributed by atoms with E-state index in [9.17, 15) is 18.5 Å². The molecule has 0 aliphatic heterocycles. The van der Waals surface area contributed by atoms with Crippen molar-refractivity contribution in [3.8, 4) is 6.07 Å². The van der Waals surface area contributed by atoms with Crippen LogP contribution in [0.5, 0.6) is 0 Å². The number of anilines is 1. The molecule has 0 heterocycles. The standard InChI is InChI=1S/C10H12N4O4S/c1-19(17,18)13-5-4-12-9-3-2-8(7-11)6-10(9)14(15)16/h2-3,6,12-13H,4-5H2,1H3. The average Bonchev–Trinajstić information content (AvgIpc) is 2.33. The molecule has 0 amide bonds. The quantitative estimate of drug-likeness (QED) is 0.443. The van der Waals surface area contributed by atoms with E-state index in [0.29, 0.717) is 0 Å². The number of nitro benzene ring substituents is 1. The van der Waals surface area contributed by atoms with Crippen LogP contribution in [-0.2, 0) is 10.0 Å². The van der Waals surface area contributed by atoms with Crippen molar-refractivity contribution in [1.82, 2.24) is 4.72 Å². The molecule has 9 heteroatoms. The van der Waals surface area contributed by atoms with Crippen LogP contribution in [0.1, 0.15) is 5.56 Å². The van der Waals surface area contributed by atoms with Crippen molar-refractivity contribution >= 4 is 21.4 Å². The number of sulfonamides is 1. The normalized spacial score (nSPS) is 10.7. The maximum atomic E-state index is 10.8.